The Hall–Kier alpha value is -0.793. The van der Waals surface area contributed by atoms with Gasteiger partial charge in [0.1, 0.15) is 5.75 Å². The number of likely N-dealkylation sites (tertiary alicyclic amines) is 1. The van der Waals surface area contributed by atoms with Crippen LogP contribution >= 0.6 is 23.2 Å². The number of hydrogen-bond acceptors (Lipinski definition) is 4. The van der Waals surface area contributed by atoms with E-state index in [-0.39, 0.29) is 25.2 Å². The zero-order chi connectivity index (χ0) is 19.3. The number of aliphatic hydroxyl groups excluding tert-OH is 1. The molecule has 2 rings (SSSR count). The van der Waals surface area contributed by atoms with Gasteiger partial charge in [0.05, 0.1) is 16.7 Å². The first-order valence-corrected chi connectivity index (χ1v) is 13.3. The summed E-state index contributed by atoms with van der Waals surface area (Å²) in [6.45, 7) is 8.44. The number of carbonyl (C=O) groups is 1. The Kier molecular flexibility index (Phi) is 7.79. The zero-order valence-electron chi connectivity index (χ0n) is 15.6. The van der Waals surface area contributed by atoms with Gasteiger partial charge in [-0.3, -0.25) is 4.79 Å². The van der Waals surface area contributed by atoms with E-state index in [1.165, 1.54) is 0 Å². The number of nitrogens with zero attached hydrogens (tertiary/aromatic N) is 1. The van der Waals surface area contributed by atoms with E-state index in [1.807, 2.05) is 0 Å². The fraction of sp³-hybridized carbons (Fsp3) is 0.611. The van der Waals surface area contributed by atoms with Crippen molar-refractivity contribution in [2.75, 3.05) is 33.1 Å². The van der Waals surface area contributed by atoms with E-state index in [4.69, 9.17) is 37.8 Å². The number of amides is 1. The highest BCUT2D eigenvalue weighted by molar-refractivity contribution is 6.76. The largest absolute Gasteiger partial charge is 0.467 e. The number of rotatable bonds is 9. The van der Waals surface area contributed by atoms with Gasteiger partial charge in [-0.15, -0.1) is 0 Å². The first kappa shape index (κ1) is 21.5. The van der Waals surface area contributed by atoms with Crippen LogP contribution in [0.3, 0.4) is 0 Å². The minimum atomic E-state index is -1.14. The smallest absolute Gasteiger partial charge is 0.223 e. The molecule has 1 aliphatic heterocycles. The van der Waals surface area contributed by atoms with Crippen LogP contribution in [-0.4, -0.2) is 57.1 Å². The molecule has 0 spiro atoms. The second-order valence-corrected chi connectivity index (χ2v) is 14.1. The average molecular weight is 420 g/mol. The summed E-state index contributed by atoms with van der Waals surface area (Å²) in [5.74, 6) is 0.478. The molecule has 1 aromatic carbocycles. The molecule has 1 amide bonds. The van der Waals surface area contributed by atoms with Gasteiger partial charge in [0.25, 0.3) is 0 Å². The van der Waals surface area contributed by atoms with E-state index in [0.29, 0.717) is 41.9 Å². The standard InChI is InChI=1S/C18H27Cl2NO4Si/c1-26(2,3)9-8-24-12-25-15-5-4-14(19)18(20)17(15)13-10-16(23)21(11-13)6-7-22/h4-5,13,22H,6-12H2,1-3H3/t13-/m1/s1. The Balaban J connectivity index is 2.06. The maximum Gasteiger partial charge on any atom is 0.223 e. The summed E-state index contributed by atoms with van der Waals surface area (Å²) in [5.41, 5.74) is 0.738. The highest BCUT2D eigenvalue weighted by Gasteiger charge is 2.34. The molecular formula is C18H27Cl2NO4Si. The van der Waals surface area contributed by atoms with Crippen molar-refractivity contribution in [1.29, 1.82) is 0 Å². The highest BCUT2D eigenvalue weighted by atomic mass is 35.5. The lowest BCUT2D eigenvalue weighted by molar-refractivity contribution is -0.128. The van der Waals surface area contributed by atoms with Crippen molar-refractivity contribution in [2.24, 2.45) is 0 Å². The van der Waals surface area contributed by atoms with E-state index < -0.39 is 8.07 Å². The topological polar surface area (TPSA) is 59.0 Å². The summed E-state index contributed by atoms with van der Waals surface area (Å²) >= 11 is 12.6. The molecule has 0 aromatic heterocycles. The number of benzene rings is 1. The van der Waals surface area contributed by atoms with Gasteiger partial charge in [0.2, 0.25) is 5.91 Å². The van der Waals surface area contributed by atoms with Crippen LogP contribution in [0.1, 0.15) is 17.9 Å². The lowest BCUT2D eigenvalue weighted by atomic mass is 9.97. The number of hydrogen-bond donors (Lipinski definition) is 1. The summed E-state index contributed by atoms with van der Waals surface area (Å²) in [5, 5.41) is 9.94. The van der Waals surface area contributed by atoms with E-state index in [1.54, 1.807) is 17.0 Å². The van der Waals surface area contributed by atoms with E-state index in [2.05, 4.69) is 19.6 Å². The molecule has 8 heteroatoms. The van der Waals surface area contributed by atoms with Gasteiger partial charge < -0.3 is 19.5 Å². The van der Waals surface area contributed by atoms with Crippen molar-refractivity contribution in [1.82, 2.24) is 4.90 Å². The maximum atomic E-state index is 12.1. The molecule has 0 aliphatic carbocycles. The van der Waals surface area contributed by atoms with Gasteiger partial charge in [-0.2, -0.15) is 0 Å². The van der Waals surface area contributed by atoms with Gasteiger partial charge in [0.15, 0.2) is 6.79 Å². The molecule has 5 nitrogen and oxygen atoms in total. The maximum absolute atomic E-state index is 12.1. The fourth-order valence-electron chi connectivity index (χ4n) is 2.90. The average Bonchev–Trinajstić information content (AvgIpc) is 2.90. The zero-order valence-corrected chi connectivity index (χ0v) is 18.1. The number of β-amino-alcohol motifs (C(OH)–C–C–N with tert-alkyl or cyclic N) is 1. The Morgan fingerprint density at radius 3 is 2.69 bits per heavy atom. The molecule has 1 heterocycles. The number of ether oxygens (including phenoxy) is 2. The van der Waals surface area contributed by atoms with Crippen LogP contribution in [0.15, 0.2) is 12.1 Å². The van der Waals surface area contributed by atoms with E-state index >= 15 is 0 Å². The molecule has 1 N–H and O–H groups in total. The summed E-state index contributed by atoms with van der Waals surface area (Å²) in [6.07, 6.45) is 0.326. The molecule has 0 unspecified atom stereocenters. The van der Waals surface area contributed by atoms with Crippen molar-refractivity contribution >= 4 is 37.2 Å². The van der Waals surface area contributed by atoms with Crippen LogP contribution in [-0.2, 0) is 9.53 Å². The van der Waals surface area contributed by atoms with Crippen LogP contribution in [0.2, 0.25) is 35.7 Å². The molecule has 0 saturated carbocycles. The van der Waals surface area contributed by atoms with Crippen molar-refractivity contribution in [3.63, 3.8) is 0 Å². The second kappa shape index (κ2) is 9.42. The molecule has 1 aromatic rings. The molecule has 1 atom stereocenters. The van der Waals surface area contributed by atoms with Gasteiger partial charge >= 0.3 is 0 Å². The summed E-state index contributed by atoms with van der Waals surface area (Å²) < 4.78 is 11.4. The van der Waals surface area contributed by atoms with Crippen LogP contribution in [0.5, 0.6) is 5.75 Å². The SMILES string of the molecule is C[Si](C)(C)CCOCOc1ccc(Cl)c(Cl)c1[C@@H]1CC(=O)N(CCO)C1. The third kappa shape index (κ3) is 5.86. The third-order valence-corrected chi connectivity index (χ3v) is 6.90. The Bertz CT molecular complexity index is 636. The predicted molar refractivity (Wildman–Crippen MR) is 107 cm³/mol. The molecular weight excluding hydrogens is 393 g/mol. The van der Waals surface area contributed by atoms with Gasteiger partial charge in [-0.05, 0) is 18.2 Å². The Morgan fingerprint density at radius 2 is 2.04 bits per heavy atom. The van der Waals surface area contributed by atoms with Gasteiger partial charge in [-0.25, -0.2) is 0 Å². The summed E-state index contributed by atoms with van der Waals surface area (Å²) in [7, 11) is -1.14. The first-order valence-electron chi connectivity index (χ1n) is 8.80. The normalized spacial score (nSPS) is 17.8. The van der Waals surface area contributed by atoms with E-state index in [9.17, 15) is 4.79 Å². The van der Waals surface area contributed by atoms with Crippen LogP contribution in [0.25, 0.3) is 0 Å². The molecule has 1 aliphatic rings. The molecule has 146 valence electrons. The lowest BCUT2D eigenvalue weighted by Crippen LogP contribution is -2.28. The second-order valence-electron chi connectivity index (χ2n) is 7.72. The minimum Gasteiger partial charge on any atom is -0.467 e. The third-order valence-electron chi connectivity index (χ3n) is 4.38. The lowest BCUT2D eigenvalue weighted by Gasteiger charge is -2.20. The molecule has 0 bridgehead atoms. The number of carbonyl (C=O) groups excluding carboxylic acids is 1. The van der Waals surface area contributed by atoms with Crippen molar-refractivity contribution in [3.05, 3.63) is 27.7 Å². The molecule has 1 saturated heterocycles. The first-order chi connectivity index (χ1) is 12.2. The minimum absolute atomic E-state index is 0.00238. The fourth-order valence-corrected chi connectivity index (χ4v) is 4.13. The highest BCUT2D eigenvalue weighted by Crippen LogP contribution is 2.42. The predicted octanol–water partition coefficient (Wildman–Crippen LogP) is 3.99. The summed E-state index contributed by atoms with van der Waals surface area (Å²) in [4.78, 5) is 13.8. The van der Waals surface area contributed by atoms with Gasteiger partial charge in [-0.1, -0.05) is 42.8 Å². The monoisotopic (exact) mass is 419 g/mol. The number of halogens is 2. The summed E-state index contributed by atoms with van der Waals surface area (Å²) in [6, 6.07) is 4.52. The quantitative estimate of drug-likeness (QED) is 0.373. The van der Waals surface area contributed by atoms with Crippen molar-refractivity contribution in [2.45, 2.75) is 38.0 Å². The number of aliphatic hydroxyl groups is 1. The van der Waals surface area contributed by atoms with Gasteiger partial charge in [0, 0.05) is 45.7 Å². The molecule has 1 fully saturated rings. The molecule has 26 heavy (non-hydrogen) atoms. The molecule has 0 radical (unpaired) electrons. The Morgan fingerprint density at radius 1 is 1.31 bits per heavy atom. The Labute approximate surface area is 166 Å². The van der Waals surface area contributed by atoms with Crippen LogP contribution < -0.4 is 4.74 Å². The van der Waals surface area contributed by atoms with E-state index in [0.717, 1.165) is 11.6 Å². The van der Waals surface area contributed by atoms with Crippen LogP contribution in [0.4, 0.5) is 0 Å². The van der Waals surface area contributed by atoms with Crippen LogP contribution in [0, 0.1) is 0 Å². The van der Waals surface area contributed by atoms with Crippen molar-refractivity contribution < 1.29 is 19.4 Å². The van der Waals surface area contributed by atoms with Crippen molar-refractivity contribution in [3.8, 4) is 5.75 Å².